The summed E-state index contributed by atoms with van der Waals surface area (Å²) in [6, 6.07) is 8.87. The molecule has 0 aliphatic heterocycles. The summed E-state index contributed by atoms with van der Waals surface area (Å²) >= 11 is 9.22. The van der Waals surface area contributed by atoms with E-state index in [1.54, 1.807) is 18.2 Å². The third-order valence-electron chi connectivity index (χ3n) is 2.43. The van der Waals surface area contributed by atoms with Crippen molar-refractivity contribution < 1.29 is 9.18 Å². The maximum absolute atomic E-state index is 13.5. The summed E-state index contributed by atoms with van der Waals surface area (Å²) < 4.78 is 14.1. The van der Waals surface area contributed by atoms with Crippen molar-refractivity contribution in [1.82, 2.24) is 0 Å². The molecule has 19 heavy (non-hydrogen) atoms. The van der Waals surface area contributed by atoms with Crippen LogP contribution in [0.3, 0.4) is 0 Å². The molecule has 0 heterocycles. The molecule has 0 aliphatic carbocycles. The number of nitrogen functional groups attached to an aromatic ring is 1. The average molecular weight is 344 g/mol. The number of anilines is 2. The third kappa shape index (κ3) is 3.05. The van der Waals surface area contributed by atoms with E-state index in [2.05, 4.69) is 21.2 Å². The van der Waals surface area contributed by atoms with Crippen molar-refractivity contribution in [1.29, 1.82) is 0 Å². The number of carbonyl (C=O) groups is 1. The van der Waals surface area contributed by atoms with Gasteiger partial charge < -0.3 is 11.1 Å². The molecule has 0 unspecified atom stereocenters. The highest BCUT2D eigenvalue weighted by molar-refractivity contribution is 9.10. The van der Waals surface area contributed by atoms with Crippen LogP contribution in [0.25, 0.3) is 0 Å². The second kappa shape index (κ2) is 5.59. The number of rotatable bonds is 2. The molecular weight excluding hydrogens is 335 g/mol. The van der Waals surface area contributed by atoms with Gasteiger partial charge in [-0.1, -0.05) is 17.7 Å². The standard InChI is InChI=1S/C13H9BrClFN2O/c14-9-3-1-2-8(12(9)15)13(19)18-11-6-7(17)4-5-10(11)16/h1-6H,17H2,(H,18,19). The Morgan fingerprint density at radius 3 is 2.79 bits per heavy atom. The molecule has 0 fully saturated rings. The Balaban J connectivity index is 2.31. The minimum atomic E-state index is -0.561. The van der Waals surface area contributed by atoms with Gasteiger partial charge in [-0.25, -0.2) is 4.39 Å². The minimum absolute atomic E-state index is 0.0149. The molecule has 2 aromatic carbocycles. The third-order valence-corrected chi connectivity index (χ3v) is 3.73. The molecule has 0 aromatic heterocycles. The first-order valence-corrected chi connectivity index (χ1v) is 6.46. The van der Waals surface area contributed by atoms with E-state index in [1.807, 2.05) is 0 Å². The minimum Gasteiger partial charge on any atom is -0.399 e. The van der Waals surface area contributed by atoms with Crippen LogP contribution in [0.5, 0.6) is 0 Å². The number of halogens is 3. The smallest absolute Gasteiger partial charge is 0.257 e. The van der Waals surface area contributed by atoms with Crippen LogP contribution in [-0.4, -0.2) is 5.91 Å². The normalized spacial score (nSPS) is 10.3. The Morgan fingerprint density at radius 1 is 1.32 bits per heavy atom. The summed E-state index contributed by atoms with van der Waals surface area (Å²) in [4.78, 5) is 12.0. The Hall–Kier alpha value is -1.59. The quantitative estimate of drug-likeness (QED) is 0.807. The highest BCUT2D eigenvalue weighted by atomic mass is 79.9. The Labute approximate surface area is 122 Å². The molecule has 6 heteroatoms. The number of amides is 1. The van der Waals surface area contributed by atoms with Crippen LogP contribution in [-0.2, 0) is 0 Å². The van der Waals surface area contributed by atoms with Crippen molar-refractivity contribution in [3.05, 3.63) is 57.3 Å². The number of hydrogen-bond donors (Lipinski definition) is 2. The SMILES string of the molecule is Nc1ccc(F)c(NC(=O)c2cccc(Br)c2Cl)c1. The van der Waals surface area contributed by atoms with E-state index >= 15 is 0 Å². The molecule has 0 spiro atoms. The van der Waals surface area contributed by atoms with E-state index in [0.29, 0.717) is 10.2 Å². The lowest BCUT2D eigenvalue weighted by molar-refractivity contribution is 0.102. The van der Waals surface area contributed by atoms with Crippen LogP contribution >= 0.6 is 27.5 Å². The van der Waals surface area contributed by atoms with Crippen LogP contribution in [0.1, 0.15) is 10.4 Å². The van der Waals surface area contributed by atoms with Crippen LogP contribution in [0.2, 0.25) is 5.02 Å². The van der Waals surface area contributed by atoms with Crippen molar-refractivity contribution in [2.75, 3.05) is 11.1 Å². The molecular formula is C13H9BrClFN2O. The second-order valence-electron chi connectivity index (χ2n) is 3.79. The Morgan fingerprint density at radius 2 is 2.05 bits per heavy atom. The van der Waals surface area contributed by atoms with Crippen molar-refractivity contribution in [2.45, 2.75) is 0 Å². The van der Waals surface area contributed by atoms with Crippen molar-refractivity contribution in [3.63, 3.8) is 0 Å². The van der Waals surface area contributed by atoms with Gasteiger partial charge in [-0.2, -0.15) is 0 Å². The van der Waals surface area contributed by atoms with Crippen molar-refractivity contribution >= 4 is 44.8 Å². The number of benzene rings is 2. The summed E-state index contributed by atoms with van der Waals surface area (Å²) in [5.41, 5.74) is 6.17. The van der Waals surface area contributed by atoms with Gasteiger partial charge in [-0.3, -0.25) is 4.79 Å². The number of nitrogens with one attached hydrogen (secondary N) is 1. The van der Waals surface area contributed by atoms with Gasteiger partial charge in [0.05, 0.1) is 16.3 Å². The average Bonchev–Trinajstić information content (AvgIpc) is 2.37. The van der Waals surface area contributed by atoms with Crippen molar-refractivity contribution in [2.24, 2.45) is 0 Å². The summed E-state index contributed by atoms with van der Waals surface area (Å²) in [5, 5.41) is 2.70. The molecule has 0 saturated carbocycles. The van der Waals surface area contributed by atoms with E-state index in [1.165, 1.54) is 18.2 Å². The van der Waals surface area contributed by atoms with E-state index < -0.39 is 11.7 Å². The summed E-state index contributed by atoms with van der Waals surface area (Å²) in [7, 11) is 0. The molecule has 3 N–H and O–H groups in total. The van der Waals surface area contributed by atoms with Gasteiger partial charge in [0.2, 0.25) is 0 Å². The fourth-order valence-corrected chi connectivity index (χ4v) is 2.09. The van der Waals surface area contributed by atoms with Gasteiger partial charge in [-0.05, 0) is 46.3 Å². The molecule has 0 atom stereocenters. The van der Waals surface area contributed by atoms with Gasteiger partial charge in [-0.15, -0.1) is 0 Å². The van der Waals surface area contributed by atoms with Gasteiger partial charge >= 0.3 is 0 Å². The van der Waals surface area contributed by atoms with Crippen LogP contribution < -0.4 is 11.1 Å². The molecule has 0 radical (unpaired) electrons. The monoisotopic (exact) mass is 342 g/mol. The Bertz CT molecular complexity index is 649. The molecule has 2 aromatic rings. The van der Waals surface area contributed by atoms with Crippen LogP contribution in [0, 0.1) is 5.82 Å². The lowest BCUT2D eigenvalue weighted by Gasteiger charge is -2.09. The summed E-state index contributed by atoms with van der Waals surface area (Å²) in [5.74, 6) is -1.07. The van der Waals surface area contributed by atoms with Gasteiger partial charge in [0.25, 0.3) is 5.91 Å². The molecule has 0 aliphatic rings. The number of carbonyl (C=O) groups excluding carboxylic acids is 1. The van der Waals surface area contributed by atoms with E-state index in [0.717, 1.165) is 0 Å². The fourth-order valence-electron chi connectivity index (χ4n) is 1.51. The zero-order valence-electron chi connectivity index (χ0n) is 9.58. The number of hydrogen-bond acceptors (Lipinski definition) is 2. The fraction of sp³-hybridized carbons (Fsp3) is 0. The van der Waals surface area contributed by atoms with Gasteiger partial charge in [0.15, 0.2) is 0 Å². The number of nitrogens with two attached hydrogens (primary N) is 1. The highest BCUT2D eigenvalue weighted by Gasteiger charge is 2.14. The summed E-state index contributed by atoms with van der Waals surface area (Å²) in [6.45, 7) is 0. The molecule has 1 amide bonds. The van der Waals surface area contributed by atoms with E-state index in [9.17, 15) is 9.18 Å². The first-order valence-electron chi connectivity index (χ1n) is 5.29. The second-order valence-corrected chi connectivity index (χ2v) is 5.03. The molecule has 98 valence electrons. The van der Waals surface area contributed by atoms with E-state index in [-0.39, 0.29) is 16.3 Å². The van der Waals surface area contributed by atoms with Crippen LogP contribution in [0.15, 0.2) is 40.9 Å². The zero-order chi connectivity index (χ0) is 14.0. The zero-order valence-corrected chi connectivity index (χ0v) is 11.9. The molecule has 0 bridgehead atoms. The maximum atomic E-state index is 13.5. The maximum Gasteiger partial charge on any atom is 0.257 e. The lowest BCUT2D eigenvalue weighted by Crippen LogP contribution is -2.13. The highest BCUT2D eigenvalue weighted by Crippen LogP contribution is 2.27. The summed E-state index contributed by atoms with van der Waals surface area (Å²) in [6.07, 6.45) is 0. The molecule has 3 nitrogen and oxygen atoms in total. The predicted molar refractivity (Wildman–Crippen MR) is 77.9 cm³/mol. The molecule has 2 rings (SSSR count). The van der Waals surface area contributed by atoms with Gasteiger partial charge in [0, 0.05) is 10.2 Å². The predicted octanol–water partition coefficient (Wildman–Crippen LogP) is 4.08. The topological polar surface area (TPSA) is 55.1 Å². The first-order chi connectivity index (χ1) is 8.99. The van der Waals surface area contributed by atoms with E-state index in [4.69, 9.17) is 17.3 Å². The van der Waals surface area contributed by atoms with Crippen LogP contribution in [0.4, 0.5) is 15.8 Å². The Kier molecular flexibility index (Phi) is 4.07. The first kappa shape index (κ1) is 13.8. The largest absolute Gasteiger partial charge is 0.399 e. The van der Waals surface area contributed by atoms with Gasteiger partial charge in [0.1, 0.15) is 5.82 Å². The lowest BCUT2D eigenvalue weighted by atomic mass is 10.2. The molecule has 0 saturated heterocycles. The van der Waals surface area contributed by atoms with Crippen molar-refractivity contribution in [3.8, 4) is 0 Å².